The lowest BCUT2D eigenvalue weighted by atomic mass is 9.77. The van der Waals surface area contributed by atoms with Gasteiger partial charge in [-0.2, -0.15) is 11.8 Å². The Morgan fingerprint density at radius 2 is 2.13 bits per heavy atom. The Balaban J connectivity index is 2.49. The molecule has 3 nitrogen and oxygen atoms in total. The Hall–Kier alpha value is -0.220. The average Bonchev–Trinajstić information content (AvgIpc) is 2.22. The zero-order valence-corrected chi connectivity index (χ0v) is 10.4. The van der Waals surface area contributed by atoms with Gasteiger partial charge in [0.2, 0.25) is 5.91 Å². The maximum Gasteiger partial charge on any atom is 0.230 e. The molecule has 0 heterocycles. The molecule has 0 radical (unpaired) electrons. The molecule has 0 aromatic carbocycles. The van der Waals surface area contributed by atoms with Crippen molar-refractivity contribution in [3.05, 3.63) is 0 Å². The minimum Gasteiger partial charge on any atom is -0.394 e. The van der Waals surface area contributed by atoms with Gasteiger partial charge < -0.3 is 10.4 Å². The van der Waals surface area contributed by atoms with E-state index in [1.165, 1.54) is 11.8 Å². The first-order chi connectivity index (χ1) is 7.12. The Labute approximate surface area is 96.0 Å². The van der Waals surface area contributed by atoms with E-state index in [-0.39, 0.29) is 18.1 Å². The third kappa shape index (κ3) is 3.68. The number of hydrogen-bond acceptors (Lipinski definition) is 3. The number of hydrogen-bond donors (Lipinski definition) is 2. The summed E-state index contributed by atoms with van der Waals surface area (Å²) >= 11 is 1.51. The second kappa shape index (κ2) is 5.75. The summed E-state index contributed by atoms with van der Waals surface area (Å²) in [5.74, 6) is 1.25. The molecule has 1 aliphatic rings. The molecular weight excluding hydrogens is 210 g/mol. The van der Waals surface area contributed by atoms with Gasteiger partial charge in [-0.3, -0.25) is 4.79 Å². The molecule has 0 aromatic heterocycles. The van der Waals surface area contributed by atoms with E-state index in [2.05, 4.69) is 12.2 Å². The summed E-state index contributed by atoms with van der Waals surface area (Å²) in [5, 5.41) is 12.4. The number of aliphatic hydroxyl groups excluding tert-OH is 1. The van der Waals surface area contributed by atoms with Crippen LogP contribution in [0.3, 0.4) is 0 Å². The van der Waals surface area contributed by atoms with E-state index in [4.69, 9.17) is 0 Å². The lowest BCUT2D eigenvalue weighted by molar-refractivity contribution is -0.121. The topological polar surface area (TPSA) is 49.3 Å². The van der Waals surface area contributed by atoms with Crippen LogP contribution >= 0.6 is 11.8 Å². The van der Waals surface area contributed by atoms with E-state index in [1.54, 1.807) is 0 Å². The quantitative estimate of drug-likeness (QED) is 0.769. The summed E-state index contributed by atoms with van der Waals surface area (Å²) in [6.07, 6.45) is 5.92. The molecule has 1 fully saturated rings. The van der Waals surface area contributed by atoms with Crippen molar-refractivity contribution >= 4 is 17.7 Å². The fourth-order valence-electron chi connectivity index (χ4n) is 2.10. The SMILES string of the molecule is CSCC(=O)NC1(CO)CCC(C)CC1. The highest BCUT2D eigenvalue weighted by Crippen LogP contribution is 2.31. The van der Waals surface area contributed by atoms with Gasteiger partial charge in [0, 0.05) is 0 Å². The van der Waals surface area contributed by atoms with Crippen LogP contribution in [-0.4, -0.2) is 35.2 Å². The van der Waals surface area contributed by atoms with Crippen molar-refractivity contribution in [3.8, 4) is 0 Å². The van der Waals surface area contributed by atoms with E-state index in [0.717, 1.165) is 31.6 Å². The first kappa shape index (κ1) is 12.8. The molecule has 2 N–H and O–H groups in total. The van der Waals surface area contributed by atoms with E-state index >= 15 is 0 Å². The molecule has 0 aliphatic heterocycles. The van der Waals surface area contributed by atoms with Crippen LogP contribution in [0, 0.1) is 5.92 Å². The molecule has 1 amide bonds. The van der Waals surface area contributed by atoms with Gasteiger partial charge in [0.1, 0.15) is 0 Å². The maximum absolute atomic E-state index is 11.5. The summed E-state index contributed by atoms with van der Waals surface area (Å²) in [6, 6.07) is 0. The standard InChI is InChI=1S/C11H21NO2S/c1-9-3-5-11(8-13,6-4-9)12-10(14)7-15-2/h9,13H,3-8H2,1-2H3,(H,12,14). The molecule has 1 rings (SSSR count). The normalized spacial score (nSPS) is 31.3. The van der Waals surface area contributed by atoms with Crippen LogP contribution in [0.5, 0.6) is 0 Å². The highest BCUT2D eigenvalue weighted by molar-refractivity contribution is 7.99. The Bertz CT molecular complexity index is 213. The zero-order valence-electron chi connectivity index (χ0n) is 9.58. The van der Waals surface area contributed by atoms with E-state index in [1.807, 2.05) is 6.26 Å². The van der Waals surface area contributed by atoms with Crippen LogP contribution in [0.2, 0.25) is 0 Å². The summed E-state index contributed by atoms with van der Waals surface area (Å²) < 4.78 is 0. The lowest BCUT2D eigenvalue weighted by Gasteiger charge is -2.38. The molecule has 0 bridgehead atoms. The van der Waals surface area contributed by atoms with Crippen LogP contribution in [0.25, 0.3) is 0 Å². The molecule has 0 atom stereocenters. The largest absolute Gasteiger partial charge is 0.394 e. The van der Waals surface area contributed by atoms with Crippen molar-refractivity contribution in [3.63, 3.8) is 0 Å². The van der Waals surface area contributed by atoms with Crippen molar-refractivity contribution < 1.29 is 9.90 Å². The van der Waals surface area contributed by atoms with Gasteiger partial charge in [-0.15, -0.1) is 0 Å². The van der Waals surface area contributed by atoms with Crippen LogP contribution in [0.15, 0.2) is 0 Å². The third-order valence-corrected chi connectivity index (χ3v) is 3.76. The molecule has 0 unspecified atom stereocenters. The van der Waals surface area contributed by atoms with Crippen molar-refractivity contribution in [2.24, 2.45) is 5.92 Å². The minimum absolute atomic E-state index is 0.0473. The van der Waals surface area contributed by atoms with Gasteiger partial charge in [0.25, 0.3) is 0 Å². The minimum atomic E-state index is -0.334. The molecule has 0 saturated heterocycles. The number of aliphatic hydroxyl groups is 1. The number of carbonyl (C=O) groups is 1. The summed E-state index contributed by atoms with van der Waals surface area (Å²) in [6.45, 7) is 2.30. The Morgan fingerprint density at radius 3 is 2.60 bits per heavy atom. The van der Waals surface area contributed by atoms with E-state index in [0.29, 0.717) is 5.75 Å². The highest BCUT2D eigenvalue weighted by atomic mass is 32.2. The fourth-order valence-corrected chi connectivity index (χ4v) is 2.43. The van der Waals surface area contributed by atoms with Crippen LogP contribution in [0.4, 0.5) is 0 Å². The Kier molecular flexibility index (Phi) is 4.93. The van der Waals surface area contributed by atoms with Crippen LogP contribution in [0.1, 0.15) is 32.6 Å². The summed E-state index contributed by atoms with van der Waals surface area (Å²) in [7, 11) is 0. The number of thioether (sulfide) groups is 1. The van der Waals surface area contributed by atoms with Crippen LogP contribution in [-0.2, 0) is 4.79 Å². The summed E-state index contributed by atoms with van der Waals surface area (Å²) in [4.78, 5) is 11.5. The average molecular weight is 231 g/mol. The molecule has 15 heavy (non-hydrogen) atoms. The van der Waals surface area contributed by atoms with Gasteiger partial charge in [-0.05, 0) is 37.9 Å². The van der Waals surface area contributed by atoms with Crippen LogP contribution < -0.4 is 5.32 Å². The van der Waals surface area contributed by atoms with Crippen molar-refractivity contribution in [1.82, 2.24) is 5.32 Å². The zero-order chi connectivity index (χ0) is 11.3. The van der Waals surface area contributed by atoms with Gasteiger partial charge in [-0.1, -0.05) is 6.92 Å². The third-order valence-electron chi connectivity index (χ3n) is 3.21. The van der Waals surface area contributed by atoms with E-state index in [9.17, 15) is 9.90 Å². The molecule has 0 spiro atoms. The monoisotopic (exact) mass is 231 g/mol. The maximum atomic E-state index is 11.5. The number of amides is 1. The van der Waals surface area contributed by atoms with Gasteiger partial charge in [-0.25, -0.2) is 0 Å². The van der Waals surface area contributed by atoms with Crippen molar-refractivity contribution in [2.75, 3.05) is 18.6 Å². The van der Waals surface area contributed by atoms with Gasteiger partial charge >= 0.3 is 0 Å². The summed E-state index contributed by atoms with van der Waals surface area (Å²) in [5.41, 5.74) is -0.334. The second-order valence-corrected chi connectivity index (χ2v) is 5.47. The molecule has 88 valence electrons. The first-order valence-electron chi connectivity index (χ1n) is 5.53. The second-order valence-electron chi connectivity index (χ2n) is 4.60. The molecule has 1 saturated carbocycles. The van der Waals surface area contributed by atoms with Crippen molar-refractivity contribution in [1.29, 1.82) is 0 Å². The van der Waals surface area contributed by atoms with Gasteiger partial charge in [0.05, 0.1) is 17.9 Å². The predicted octanol–water partition coefficient (Wildman–Crippen LogP) is 1.41. The fraction of sp³-hybridized carbons (Fsp3) is 0.909. The molecule has 0 aromatic rings. The number of rotatable bonds is 4. The van der Waals surface area contributed by atoms with E-state index < -0.39 is 0 Å². The van der Waals surface area contributed by atoms with Gasteiger partial charge in [0.15, 0.2) is 0 Å². The van der Waals surface area contributed by atoms with Crippen molar-refractivity contribution in [2.45, 2.75) is 38.1 Å². The lowest BCUT2D eigenvalue weighted by Crippen LogP contribution is -2.53. The predicted molar refractivity (Wildman–Crippen MR) is 64.0 cm³/mol. The first-order valence-corrected chi connectivity index (χ1v) is 6.92. The smallest absolute Gasteiger partial charge is 0.230 e. The highest BCUT2D eigenvalue weighted by Gasteiger charge is 2.34. The number of carbonyl (C=O) groups excluding carboxylic acids is 1. The Morgan fingerprint density at radius 1 is 1.53 bits per heavy atom. The number of nitrogens with one attached hydrogen (secondary N) is 1. The molecule has 1 aliphatic carbocycles. The molecular formula is C11H21NO2S. The molecule has 4 heteroatoms.